The summed E-state index contributed by atoms with van der Waals surface area (Å²) in [6, 6.07) is 9.16. The van der Waals surface area contributed by atoms with E-state index in [9.17, 15) is 4.79 Å². The summed E-state index contributed by atoms with van der Waals surface area (Å²) in [7, 11) is 0. The van der Waals surface area contributed by atoms with Crippen molar-refractivity contribution in [2.24, 2.45) is 0 Å². The molecule has 16 heavy (non-hydrogen) atoms. The molecular weight excluding hydrogens is 200 g/mol. The molecule has 0 unspecified atom stereocenters. The first-order chi connectivity index (χ1) is 7.69. The lowest BCUT2D eigenvalue weighted by Crippen LogP contribution is -1.94. The van der Waals surface area contributed by atoms with E-state index >= 15 is 0 Å². The third-order valence-corrected chi connectivity index (χ3v) is 2.74. The number of nitrogens with zero attached hydrogens (tertiary/aromatic N) is 2. The van der Waals surface area contributed by atoms with Gasteiger partial charge >= 0.3 is 0 Å². The van der Waals surface area contributed by atoms with Crippen LogP contribution in [0.4, 0.5) is 0 Å². The van der Waals surface area contributed by atoms with Crippen LogP contribution in [0, 0.1) is 29.6 Å². The van der Waals surface area contributed by atoms with Crippen LogP contribution in [0.15, 0.2) is 23.8 Å². The summed E-state index contributed by atoms with van der Waals surface area (Å²) >= 11 is 0. The summed E-state index contributed by atoms with van der Waals surface area (Å²) in [6.45, 7) is 1.86. The van der Waals surface area contributed by atoms with Crippen LogP contribution in [0.3, 0.4) is 0 Å². The van der Waals surface area contributed by atoms with Crippen molar-refractivity contribution in [3.63, 3.8) is 0 Å². The molecule has 3 heteroatoms. The Bertz CT molecular complexity index is 581. The number of ketones is 1. The van der Waals surface area contributed by atoms with Gasteiger partial charge in [-0.3, -0.25) is 4.79 Å². The second-order valence-corrected chi connectivity index (χ2v) is 3.67. The minimum absolute atomic E-state index is 0.00824. The third kappa shape index (κ3) is 1.31. The lowest BCUT2D eigenvalue weighted by molar-refractivity contribution is 0.100. The van der Waals surface area contributed by atoms with Gasteiger partial charge in [0.25, 0.3) is 0 Å². The van der Waals surface area contributed by atoms with Crippen LogP contribution in [0.2, 0.25) is 0 Å². The number of nitriles is 2. The molecule has 0 saturated heterocycles. The molecule has 76 valence electrons. The zero-order valence-corrected chi connectivity index (χ0v) is 8.74. The molecule has 0 spiro atoms. The first-order valence-corrected chi connectivity index (χ1v) is 4.85. The molecule has 0 bridgehead atoms. The normalized spacial score (nSPS) is 12.9. The van der Waals surface area contributed by atoms with E-state index in [0.717, 1.165) is 11.1 Å². The molecule has 1 aromatic rings. The molecule has 0 fully saturated rings. The lowest BCUT2D eigenvalue weighted by atomic mass is 10.0. The number of Topliss-reactive ketones (excluding diaryl/α,β-unsaturated/α-hetero) is 1. The quantitative estimate of drug-likeness (QED) is 0.615. The molecule has 0 saturated carbocycles. The highest BCUT2D eigenvalue weighted by Gasteiger charge is 2.27. The highest BCUT2D eigenvalue weighted by molar-refractivity contribution is 6.13. The van der Waals surface area contributed by atoms with Crippen LogP contribution in [0.5, 0.6) is 0 Å². The SMILES string of the molecule is Cc1cccc2c1C(=O)CC2=C(C#N)C#N. The number of benzene rings is 1. The lowest BCUT2D eigenvalue weighted by Gasteiger charge is -2.01. The van der Waals surface area contributed by atoms with Gasteiger partial charge in [0.2, 0.25) is 0 Å². The maximum Gasteiger partial charge on any atom is 0.168 e. The van der Waals surface area contributed by atoms with E-state index in [1.165, 1.54) is 0 Å². The van der Waals surface area contributed by atoms with Gasteiger partial charge in [0.05, 0.1) is 0 Å². The highest BCUT2D eigenvalue weighted by atomic mass is 16.1. The van der Waals surface area contributed by atoms with E-state index in [2.05, 4.69) is 0 Å². The van der Waals surface area contributed by atoms with Crippen molar-refractivity contribution < 1.29 is 4.79 Å². The van der Waals surface area contributed by atoms with Gasteiger partial charge in [-0.15, -0.1) is 0 Å². The minimum Gasteiger partial charge on any atom is -0.294 e. The molecule has 0 radical (unpaired) electrons. The van der Waals surface area contributed by atoms with Gasteiger partial charge in [-0.05, 0) is 23.6 Å². The Labute approximate surface area is 93.2 Å². The second-order valence-electron chi connectivity index (χ2n) is 3.67. The van der Waals surface area contributed by atoms with Crippen molar-refractivity contribution in [2.45, 2.75) is 13.3 Å². The van der Waals surface area contributed by atoms with E-state index in [4.69, 9.17) is 10.5 Å². The first kappa shape index (κ1) is 10.1. The average molecular weight is 208 g/mol. The molecule has 2 rings (SSSR count). The van der Waals surface area contributed by atoms with Gasteiger partial charge in [0, 0.05) is 12.0 Å². The molecule has 1 aliphatic carbocycles. The molecule has 1 aliphatic rings. The number of fused-ring (bicyclic) bond motifs is 1. The van der Waals surface area contributed by atoms with Gasteiger partial charge < -0.3 is 0 Å². The molecule has 0 N–H and O–H groups in total. The van der Waals surface area contributed by atoms with Gasteiger partial charge in [0.15, 0.2) is 5.78 Å². The number of carbonyl (C=O) groups excluding carboxylic acids is 1. The van der Waals surface area contributed by atoms with E-state index in [1.807, 2.05) is 31.2 Å². The summed E-state index contributed by atoms with van der Waals surface area (Å²) in [5.74, 6) is -0.00824. The number of aryl methyl sites for hydroxylation is 1. The highest BCUT2D eigenvalue weighted by Crippen LogP contribution is 2.35. The Morgan fingerprint density at radius 2 is 2.00 bits per heavy atom. The fraction of sp³-hybridized carbons (Fsp3) is 0.154. The van der Waals surface area contributed by atoms with E-state index in [1.54, 1.807) is 6.07 Å². The summed E-state index contributed by atoms with van der Waals surface area (Å²) < 4.78 is 0. The van der Waals surface area contributed by atoms with E-state index in [-0.39, 0.29) is 17.8 Å². The van der Waals surface area contributed by atoms with Crippen LogP contribution in [-0.2, 0) is 0 Å². The minimum atomic E-state index is -0.00824. The van der Waals surface area contributed by atoms with Gasteiger partial charge in [-0.1, -0.05) is 18.2 Å². The monoisotopic (exact) mass is 208 g/mol. The predicted octanol–water partition coefficient (Wildman–Crippen LogP) is 2.38. The molecule has 0 aliphatic heterocycles. The number of rotatable bonds is 0. The number of allylic oxidation sites excluding steroid dienone is 2. The zero-order valence-electron chi connectivity index (χ0n) is 8.74. The smallest absolute Gasteiger partial charge is 0.168 e. The fourth-order valence-corrected chi connectivity index (χ4v) is 2.02. The molecule has 0 atom stereocenters. The first-order valence-electron chi connectivity index (χ1n) is 4.85. The van der Waals surface area contributed by atoms with Crippen molar-refractivity contribution in [2.75, 3.05) is 0 Å². The third-order valence-electron chi connectivity index (χ3n) is 2.74. The van der Waals surface area contributed by atoms with Crippen molar-refractivity contribution in [3.05, 3.63) is 40.5 Å². The molecule has 1 aromatic carbocycles. The molecule has 0 aromatic heterocycles. The fourth-order valence-electron chi connectivity index (χ4n) is 2.02. The second kappa shape index (κ2) is 3.64. The Hall–Kier alpha value is -2.39. The summed E-state index contributed by atoms with van der Waals surface area (Å²) in [4.78, 5) is 11.8. The summed E-state index contributed by atoms with van der Waals surface area (Å²) in [5.41, 5.74) is 2.89. The summed E-state index contributed by atoms with van der Waals surface area (Å²) in [6.07, 6.45) is 0.163. The molecule has 0 amide bonds. The largest absolute Gasteiger partial charge is 0.294 e. The maximum atomic E-state index is 11.8. The Balaban J connectivity index is 2.77. The van der Waals surface area contributed by atoms with E-state index < -0.39 is 0 Å². The standard InChI is InChI=1S/C13H8N2O/c1-8-3-2-4-10-11(9(6-14)7-15)5-12(16)13(8)10/h2-4H,5H2,1H3. The van der Waals surface area contributed by atoms with Crippen LogP contribution in [-0.4, -0.2) is 5.78 Å². The van der Waals surface area contributed by atoms with Gasteiger partial charge in [-0.2, -0.15) is 10.5 Å². The van der Waals surface area contributed by atoms with E-state index in [0.29, 0.717) is 11.1 Å². The van der Waals surface area contributed by atoms with Crippen molar-refractivity contribution in [3.8, 4) is 12.1 Å². The number of hydrogen-bond acceptors (Lipinski definition) is 3. The Morgan fingerprint density at radius 1 is 1.31 bits per heavy atom. The molecular formula is C13H8N2O. The van der Waals surface area contributed by atoms with Crippen molar-refractivity contribution in [1.82, 2.24) is 0 Å². The van der Waals surface area contributed by atoms with Gasteiger partial charge in [-0.25, -0.2) is 0 Å². The van der Waals surface area contributed by atoms with Gasteiger partial charge in [0.1, 0.15) is 17.7 Å². The summed E-state index contributed by atoms with van der Waals surface area (Å²) in [5, 5.41) is 17.7. The van der Waals surface area contributed by atoms with Crippen LogP contribution < -0.4 is 0 Å². The van der Waals surface area contributed by atoms with Crippen LogP contribution in [0.1, 0.15) is 27.9 Å². The predicted molar refractivity (Wildman–Crippen MR) is 58.3 cm³/mol. The Kier molecular flexibility index (Phi) is 2.31. The zero-order chi connectivity index (χ0) is 11.7. The van der Waals surface area contributed by atoms with Crippen LogP contribution in [0.25, 0.3) is 5.57 Å². The Morgan fingerprint density at radius 3 is 2.62 bits per heavy atom. The number of carbonyl (C=O) groups is 1. The van der Waals surface area contributed by atoms with Crippen molar-refractivity contribution in [1.29, 1.82) is 10.5 Å². The van der Waals surface area contributed by atoms with Crippen LogP contribution >= 0.6 is 0 Å². The average Bonchev–Trinajstić information content (AvgIpc) is 2.60. The molecule has 0 heterocycles. The maximum absolute atomic E-state index is 11.8. The van der Waals surface area contributed by atoms with Crippen molar-refractivity contribution >= 4 is 11.4 Å². The molecule has 3 nitrogen and oxygen atoms in total. The topological polar surface area (TPSA) is 64.7 Å². The number of hydrogen-bond donors (Lipinski definition) is 0.